The maximum Gasteiger partial charge on any atom is 0.303 e. The van der Waals surface area contributed by atoms with Crippen molar-refractivity contribution in [3.63, 3.8) is 0 Å². The molecule has 2 heteroatoms. The summed E-state index contributed by atoms with van der Waals surface area (Å²) in [5.41, 5.74) is 0. The van der Waals surface area contributed by atoms with Gasteiger partial charge in [-0.25, -0.2) is 0 Å². The van der Waals surface area contributed by atoms with E-state index in [1.807, 2.05) is 0 Å². The lowest BCUT2D eigenvalue weighted by atomic mass is 10.1. The van der Waals surface area contributed by atoms with E-state index in [0.717, 1.165) is 19.3 Å². The van der Waals surface area contributed by atoms with E-state index in [4.69, 9.17) is 5.11 Å². The molecular weight excluding hydrogens is 236 g/mol. The number of allylic oxidation sites excluding steroid dienone is 4. The van der Waals surface area contributed by atoms with Gasteiger partial charge in [0, 0.05) is 6.42 Å². The second-order valence-electron chi connectivity index (χ2n) is 5.02. The van der Waals surface area contributed by atoms with Crippen LogP contribution in [0.2, 0.25) is 0 Å². The molecule has 0 aliphatic carbocycles. The van der Waals surface area contributed by atoms with Crippen LogP contribution in [0.15, 0.2) is 24.3 Å². The third-order valence-electron chi connectivity index (χ3n) is 3.07. The van der Waals surface area contributed by atoms with Crippen LogP contribution in [0.3, 0.4) is 0 Å². The molecule has 0 aliphatic rings. The number of carboxylic acids is 1. The summed E-state index contributed by atoms with van der Waals surface area (Å²) in [6, 6.07) is 0. The van der Waals surface area contributed by atoms with E-state index < -0.39 is 5.97 Å². The number of hydrogen-bond acceptors (Lipinski definition) is 1. The number of hydrogen-bond donors (Lipinski definition) is 1. The molecule has 0 saturated carbocycles. The third kappa shape index (κ3) is 16.9. The average molecular weight is 266 g/mol. The highest BCUT2D eigenvalue weighted by Crippen LogP contribution is 2.09. The fourth-order valence-corrected chi connectivity index (χ4v) is 1.92. The predicted octanol–water partition coefficient (Wildman–Crippen LogP) is 5.49. The molecule has 1 N–H and O–H groups in total. The van der Waals surface area contributed by atoms with Crippen LogP contribution < -0.4 is 0 Å². The molecule has 0 heterocycles. The van der Waals surface area contributed by atoms with Gasteiger partial charge < -0.3 is 5.11 Å². The fraction of sp³-hybridized carbons (Fsp3) is 0.706. The zero-order valence-electron chi connectivity index (χ0n) is 12.4. The van der Waals surface area contributed by atoms with E-state index in [1.165, 1.54) is 44.9 Å². The van der Waals surface area contributed by atoms with Crippen molar-refractivity contribution in [2.24, 2.45) is 0 Å². The maximum absolute atomic E-state index is 10.3. The van der Waals surface area contributed by atoms with E-state index in [0.29, 0.717) is 6.42 Å². The average Bonchev–Trinajstić information content (AvgIpc) is 2.39. The Kier molecular flexibility index (Phi) is 14.2. The second kappa shape index (κ2) is 15.0. The first-order valence-corrected chi connectivity index (χ1v) is 7.79. The number of unbranched alkanes of at least 4 members (excludes halogenated alkanes) is 7. The smallest absolute Gasteiger partial charge is 0.303 e. The van der Waals surface area contributed by atoms with Crippen molar-refractivity contribution in [2.45, 2.75) is 77.6 Å². The van der Waals surface area contributed by atoms with Gasteiger partial charge in [0.15, 0.2) is 0 Å². The Morgan fingerprint density at radius 3 is 2.05 bits per heavy atom. The highest BCUT2D eigenvalue weighted by Gasteiger charge is 1.95. The lowest BCUT2D eigenvalue weighted by molar-refractivity contribution is -0.137. The van der Waals surface area contributed by atoms with Gasteiger partial charge in [-0.2, -0.15) is 0 Å². The zero-order valence-corrected chi connectivity index (χ0v) is 12.4. The molecule has 0 aromatic heterocycles. The quantitative estimate of drug-likeness (QED) is 0.353. The first kappa shape index (κ1) is 17.9. The molecule has 0 fully saturated rings. The molecule has 0 bridgehead atoms. The van der Waals surface area contributed by atoms with Gasteiger partial charge in [-0.05, 0) is 32.1 Å². The summed E-state index contributed by atoms with van der Waals surface area (Å²) in [7, 11) is 0. The largest absolute Gasteiger partial charge is 0.481 e. The van der Waals surface area contributed by atoms with Crippen LogP contribution in [0.4, 0.5) is 0 Å². The number of carbonyl (C=O) groups is 1. The van der Waals surface area contributed by atoms with Crippen molar-refractivity contribution < 1.29 is 9.90 Å². The maximum atomic E-state index is 10.3. The fourth-order valence-electron chi connectivity index (χ4n) is 1.92. The van der Waals surface area contributed by atoms with Gasteiger partial charge in [-0.3, -0.25) is 4.79 Å². The van der Waals surface area contributed by atoms with E-state index in [-0.39, 0.29) is 0 Å². The van der Waals surface area contributed by atoms with Crippen molar-refractivity contribution in [1.82, 2.24) is 0 Å². The lowest BCUT2D eigenvalue weighted by Gasteiger charge is -1.99. The van der Waals surface area contributed by atoms with Gasteiger partial charge in [0.2, 0.25) is 0 Å². The molecule has 0 spiro atoms. The summed E-state index contributed by atoms with van der Waals surface area (Å²) in [5.74, 6) is -0.668. The van der Waals surface area contributed by atoms with E-state index in [1.54, 1.807) is 0 Å². The first-order chi connectivity index (χ1) is 9.27. The molecule has 2 nitrogen and oxygen atoms in total. The molecule has 0 aliphatic heterocycles. The monoisotopic (exact) mass is 266 g/mol. The van der Waals surface area contributed by atoms with Gasteiger partial charge >= 0.3 is 5.97 Å². The number of rotatable bonds is 13. The Morgan fingerprint density at radius 2 is 1.42 bits per heavy atom. The van der Waals surface area contributed by atoms with Crippen LogP contribution in [-0.2, 0) is 4.79 Å². The van der Waals surface area contributed by atoms with Crippen LogP contribution in [-0.4, -0.2) is 11.1 Å². The van der Waals surface area contributed by atoms with Gasteiger partial charge in [0.05, 0.1) is 0 Å². The zero-order chi connectivity index (χ0) is 14.2. The normalized spacial score (nSPS) is 11.6. The van der Waals surface area contributed by atoms with Gasteiger partial charge in [0.1, 0.15) is 0 Å². The van der Waals surface area contributed by atoms with Crippen LogP contribution in [0.25, 0.3) is 0 Å². The van der Waals surface area contributed by atoms with Crippen molar-refractivity contribution in [3.8, 4) is 0 Å². The Balaban J connectivity index is 3.13. The third-order valence-corrected chi connectivity index (χ3v) is 3.07. The molecule has 0 saturated heterocycles. The summed E-state index contributed by atoms with van der Waals surface area (Å²) in [5, 5.41) is 8.49. The standard InChI is InChI=1S/C17H30O2/c1-2-3-4-5-6-7-8-9-10-11-12-13-14-15-16-17(18)19/h4-5,7-8H,2-3,6,9-16H2,1H3,(H,18,19). The molecule has 0 radical (unpaired) electrons. The lowest BCUT2D eigenvalue weighted by Crippen LogP contribution is -1.93. The molecule has 0 atom stereocenters. The SMILES string of the molecule is CCCC=CCC=CCCCCCCCCC(=O)O. The van der Waals surface area contributed by atoms with Gasteiger partial charge in [-0.1, -0.05) is 63.3 Å². The number of carboxylic acid groups (broad SMARTS) is 1. The highest BCUT2D eigenvalue weighted by molar-refractivity contribution is 5.66. The molecule has 19 heavy (non-hydrogen) atoms. The first-order valence-electron chi connectivity index (χ1n) is 7.79. The molecule has 0 aromatic rings. The van der Waals surface area contributed by atoms with Crippen LogP contribution >= 0.6 is 0 Å². The van der Waals surface area contributed by atoms with Crippen molar-refractivity contribution >= 4 is 5.97 Å². The summed E-state index contributed by atoms with van der Waals surface area (Å²) in [4.78, 5) is 10.3. The molecular formula is C17H30O2. The molecule has 0 aromatic carbocycles. The minimum Gasteiger partial charge on any atom is -0.481 e. The molecule has 0 rings (SSSR count). The molecule has 0 amide bonds. The van der Waals surface area contributed by atoms with Crippen molar-refractivity contribution in [3.05, 3.63) is 24.3 Å². The van der Waals surface area contributed by atoms with Crippen LogP contribution in [0.5, 0.6) is 0 Å². The summed E-state index contributed by atoms with van der Waals surface area (Å²) >= 11 is 0. The Bertz CT molecular complexity index is 254. The van der Waals surface area contributed by atoms with E-state index >= 15 is 0 Å². The van der Waals surface area contributed by atoms with Crippen molar-refractivity contribution in [2.75, 3.05) is 0 Å². The van der Waals surface area contributed by atoms with Crippen LogP contribution in [0.1, 0.15) is 77.6 Å². The topological polar surface area (TPSA) is 37.3 Å². The van der Waals surface area contributed by atoms with Gasteiger partial charge in [0.25, 0.3) is 0 Å². The van der Waals surface area contributed by atoms with Crippen LogP contribution in [0, 0.1) is 0 Å². The minimum absolute atomic E-state index is 0.328. The Hall–Kier alpha value is -1.05. The summed E-state index contributed by atoms with van der Waals surface area (Å²) in [6.07, 6.45) is 20.8. The summed E-state index contributed by atoms with van der Waals surface area (Å²) < 4.78 is 0. The highest BCUT2D eigenvalue weighted by atomic mass is 16.4. The van der Waals surface area contributed by atoms with E-state index in [9.17, 15) is 4.79 Å². The molecule has 110 valence electrons. The molecule has 0 unspecified atom stereocenters. The summed E-state index contributed by atoms with van der Waals surface area (Å²) in [6.45, 7) is 2.20. The predicted molar refractivity (Wildman–Crippen MR) is 82.4 cm³/mol. The van der Waals surface area contributed by atoms with Gasteiger partial charge in [-0.15, -0.1) is 0 Å². The minimum atomic E-state index is -0.668. The Labute approximate surface area is 118 Å². The Morgan fingerprint density at radius 1 is 0.842 bits per heavy atom. The van der Waals surface area contributed by atoms with Crippen molar-refractivity contribution in [1.29, 1.82) is 0 Å². The number of aliphatic carboxylic acids is 1. The van der Waals surface area contributed by atoms with E-state index in [2.05, 4.69) is 31.2 Å². The second-order valence-corrected chi connectivity index (χ2v) is 5.02.